The highest BCUT2D eigenvalue weighted by atomic mass is 19.1. The Labute approximate surface area is 132 Å². The molecule has 122 valence electrons. The molecule has 1 aliphatic heterocycles. The number of piperidine rings is 1. The van der Waals surface area contributed by atoms with E-state index in [2.05, 4.69) is 29.4 Å². The number of hydrogen-bond donors (Lipinski definition) is 2. The SMILES string of the molecule is CC(C)CCNC(=O)Nc1cc(F)ccc1N1CCCCC1. The molecule has 22 heavy (non-hydrogen) atoms. The van der Waals surface area contributed by atoms with Crippen molar-refractivity contribution in [3.63, 3.8) is 0 Å². The molecule has 2 N–H and O–H groups in total. The molecule has 0 saturated carbocycles. The standard InChI is InChI=1S/C17H26FN3O/c1-13(2)8-9-19-17(22)20-15-12-14(18)6-7-16(15)21-10-4-3-5-11-21/h6-7,12-13H,3-5,8-11H2,1-2H3,(H2,19,20,22). The maximum Gasteiger partial charge on any atom is 0.319 e. The lowest BCUT2D eigenvalue weighted by atomic mass is 10.1. The van der Waals surface area contributed by atoms with Crippen molar-refractivity contribution >= 4 is 17.4 Å². The second-order valence-corrected chi connectivity index (χ2v) is 6.27. The first-order valence-corrected chi connectivity index (χ1v) is 8.15. The van der Waals surface area contributed by atoms with Crippen molar-refractivity contribution in [3.05, 3.63) is 24.0 Å². The highest BCUT2D eigenvalue weighted by Crippen LogP contribution is 2.29. The summed E-state index contributed by atoms with van der Waals surface area (Å²) in [6.45, 7) is 6.75. The minimum absolute atomic E-state index is 0.274. The van der Waals surface area contributed by atoms with Gasteiger partial charge < -0.3 is 15.5 Å². The predicted molar refractivity (Wildman–Crippen MR) is 88.9 cm³/mol. The number of nitrogens with one attached hydrogen (secondary N) is 2. The molecule has 0 radical (unpaired) electrons. The molecule has 1 saturated heterocycles. The van der Waals surface area contributed by atoms with Crippen molar-refractivity contribution in [3.8, 4) is 0 Å². The molecule has 1 aromatic rings. The average molecular weight is 307 g/mol. The zero-order valence-electron chi connectivity index (χ0n) is 13.5. The second kappa shape index (κ2) is 8.01. The topological polar surface area (TPSA) is 44.4 Å². The molecule has 0 spiro atoms. The van der Waals surface area contributed by atoms with E-state index in [1.54, 1.807) is 6.07 Å². The Hall–Kier alpha value is -1.78. The van der Waals surface area contributed by atoms with Crippen molar-refractivity contribution < 1.29 is 9.18 Å². The summed E-state index contributed by atoms with van der Waals surface area (Å²) >= 11 is 0. The Morgan fingerprint density at radius 2 is 2.00 bits per heavy atom. The highest BCUT2D eigenvalue weighted by Gasteiger charge is 2.16. The van der Waals surface area contributed by atoms with Gasteiger partial charge in [-0.1, -0.05) is 13.8 Å². The third-order valence-corrected chi connectivity index (χ3v) is 3.91. The molecule has 1 aliphatic rings. The zero-order chi connectivity index (χ0) is 15.9. The number of halogens is 1. The van der Waals surface area contributed by atoms with E-state index < -0.39 is 0 Å². The maximum atomic E-state index is 13.5. The van der Waals surface area contributed by atoms with E-state index in [-0.39, 0.29) is 11.8 Å². The summed E-state index contributed by atoms with van der Waals surface area (Å²) in [7, 11) is 0. The number of rotatable bonds is 5. The van der Waals surface area contributed by atoms with Gasteiger partial charge in [-0.25, -0.2) is 9.18 Å². The number of carbonyl (C=O) groups is 1. The summed E-state index contributed by atoms with van der Waals surface area (Å²) in [4.78, 5) is 14.2. The van der Waals surface area contributed by atoms with Gasteiger partial charge in [-0.2, -0.15) is 0 Å². The van der Waals surface area contributed by atoms with Crippen LogP contribution in [0.25, 0.3) is 0 Å². The Kier molecular flexibility index (Phi) is 6.04. The quantitative estimate of drug-likeness (QED) is 0.864. The van der Waals surface area contributed by atoms with Gasteiger partial charge in [0.2, 0.25) is 0 Å². The maximum absolute atomic E-state index is 13.5. The smallest absolute Gasteiger partial charge is 0.319 e. The van der Waals surface area contributed by atoms with Crippen molar-refractivity contribution in [2.45, 2.75) is 39.5 Å². The Morgan fingerprint density at radius 3 is 2.68 bits per heavy atom. The molecular formula is C17H26FN3O. The van der Waals surface area contributed by atoms with Gasteiger partial charge in [0.1, 0.15) is 5.82 Å². The van der Waals surface area contributed by atoms with E-state index in [4.69, 9.17) is 0 Å². The van der Waals surface area contributed by atoms with Crippen molar-refractivity contribution in [2.75, 3.05) is 29.9 Å². The molecule has 2 rings (SSSR count). The third kappa shape index (κ3) is 4.90. The zero-order valence-corrected chi connectivity index (χ0v) is 13.5. The molecule has 0 bridgehead atoms. The van der Waals surface area contributed by atoms with E-state index in [0.29, 0.717) is 18.2 Å². The number of nitrogens with zero attached hydrogens (tertiary/aromatic N) is 1. The molecule has 1 fully saturated rings. The summed E-state index contributed by atoms with van der Waals surface area (Å²) in [5, 5.41) is 5.61. The first kappa shape index (κ1) is 16.6. The summed E-state index contributed by atoms with van der Waals surface area (Å²) in [5.74, 6) is 0.205. The Bertz CT molecular complexity index is 499. The van der Waals surface area contributed by atoms with Crippen LogP contribution in [-0.4, -0.2) is 25.7 Å². The van der Waals surface area contributed by atoms with E-state index in [1.807, 2.05) is 0 Å². The number of benzene rings is 1. The first-order valence-electron chi connectivity index (χ1n) is 8.15. The van der Waals surface area contributed by atoms with Crippen molar-refractivity contribution in [1.82, 2.24) is 5.32 Å². The monoisotopic (exact) mass is 307 g/mol. The molecular weight excluding hydrogens is 281 g/mol. The number of carbonyl (C=O) groups excluding carboxylic acids is 1. The van der Waals surface area contributed by atoms with Gasteiger partial charge in [-0.3, -0.25) is 0 Å². The van der Waals surface area contributed by atoms with Crippen LogP contribution in [0.2, 0.25) is 0 Å². The fourth-order valence-electron chi connectivity index (χ4n) is 2.66. The van der Waals surface area contributed by atoms with Crippen LogP contribution in [0.3, 0.4) is 0 Å². The number of amides is 2. The first-order chi connectivity index (χ1) is 10.6. The summed E-state index contributed by atoms with van der Waals surface area (Å²) < 4.78 is 13.5. The minimum Gasteiger partial charge on any atom is -0.370 e. The number of anilines is 2. The van der Waals surface area contributed by atoms with Crippen LogP contribution in [0, 0.1) is 11.7 Å². The number of urea groups is 1. The van der Waals surface area contributed by atoms with Crippen LogP contribution < -0.4 is 15.5 Å². The number of hydrogen-bond acceptors (Lipinski definition) is 2. The van der Waals surface area contributed by atoms with Crippen LogP contribution in [0.4, 0.5) is 20.6 Å². The lowest BCUT2D eigenvalue weighted by molar-refractivity contribution is 0.251. The van der Waals surface area contributed by atoms with Gasteiger partial charge in [0, 0.05) is 19.6 Å². The molecule has 4 nitrogen and oxygen atoms in total. The fourth-order valence-corrected chi connectivity index (χ4v) is 2.66. The van der Waals surface area contributed by atoms with Gasteiger partial charge in [0.05, 0.1) is 11.4 Å². The highest BCUT2D eigenvalue weighted by molar-refractivity contribution is 5.93. The molecule has 0 aliphatic carbocycles. The van der Waals surface area contributed by atoms with Crippen LogP contribution in [0.5, 0.6) is 0 Å². The van der Waals surface area contributed by atoms with Gasteiger partial charge in [-0.05, 0) is 49.8 Å². The van der Waals surface area contributed by atoms with Gasteiger partial charge in [0.25, 0.3) is 0 Å². The summed E-state index contributed by atoms with van der Waals surface area (Å²) in [6.07, 6.45) is 4.43. The van der Waals surface area contributed by atoms with E-state index in [1.165, 1.54) is 18.6 Å². The van der Waals surface area contributed by atoms with Crippen LogP contribution in [0.1, 0.15) is 39.5 Å². The molecule has 5 heteroatoms. The third-order valence-electron chi connectivity index (χ3n) is 3.91. The molecule has 2 amide bonds. The molecule has 1 aromatic carbocycles. The van der Waals surface area contributed by atoms with E-state index in [9.17, 15) is 9.18 Å². The van der Waals surface area contributed by atoms with Crippen LogP contribution in [-0.2, 0) is 0 Å². The largest absolute Gasteiger partial charge is 0.370 e. The predicted octanol–water partition coefficient (Wildman–Crippen LogP) is 3.98. The van der Waals surface area contributed by atoms with Gasteiger partial charge in [-0.15, -0.1) is 0 Å². The van der Waals surface area contributed by atoms with Crippen molar-refractivity contribution in [2.24, 2.45) is 5.92 Å². The normalized spacial score (nSPS) is 15.0. The lowest BCUT2D eigenvalue weighted by Gasteiger charge is -2.30. The second-order valence-electron chi connectivity index (χ2n) is 6.27. The summed E-state index contributed by atoms with van der Waals surface area (Å²) in [6, 6.07) is 4.33. The Morgan fingerprint density at radius 1 is 1.27 bits per heavy atom. The molecule has 1 heterocycles. The lowest BCUT2D eigenvalue weighted by Crippen LogP contribution is -2.33. The van der Waals surface area contributed by atoms with E-state index >= 15 is 0 Å². The average Bonchev–Trinajstić information content (AvgIpc) is 2.48. The van der Waals surface area contributed by atoms with Crippen LogP contribution in [0.15, 0.2) is 18.2 Å². The Balaban J connectivity index is 2.02. The minimum atomic E-state index is -0.335. The molecule has 0 atom stereocenters. The van der Waals surface area contributed by atoms with Crippen molar-refractivity contribution in [1.29, 1.82) is 0 Å². The fraction of sp³-hybridized carbons (Fsp3) is 0.588. The van der Waals surface area contributed by atoms with Gasteiger partial charge >= 0.3 is 6.03 Å². The molecule has 0 aromatic heterocycles. The van der Waals surface area contributed by atoms with Crippen LogP contribution >= 0.6 is 0 Å². The van der Waals surface area contributed by atoms with Gasteiger partial charge in [0.15, 0.2) is 0 Å². The van der Waals surface area contributed by atoms with E-state index in [0.717, 1.165) is 38.0 Å². The molecule has 0 unspecified atom stereocenters. The summed E-state index contributed by atoms with van der Waals surface area (Å²) in [5.41, 5.74) is 1.45.